The van der Waals surface area contributed by atoms with Gasteiger partial charge in [0.05, 0.1) is 0 Å². The summed E-state index contributed by atoms with van der Waals surface area (Å²) in [5, 5.41) is 51.0. The molecule has 5 aliphatic rings. The average Bonchev–Trinajstić information content (AvgIpc) is 3.13. The van der Waals surface area contributed by atoms with Crippen LogP contribution in [0.3, 0.4) is 0 Å². The molecule has 210 valence electrons. The quantitative estimate of drug-likeness (QED) is 0.316. The molecule has 1 heterocycles. The topological polar surface area (TPSA) is 188 Å². The number of carbonyl (C=O) groups excluding carboxylic acids is 3. The molecular weight excluding hydrogens is 500 g/mol. The van der Waals surface area contributed by atoms with Crippen LogP contribution >= 0.6 is 0 Å². The fourth-order valence-electron chi connectivity index (χ4n) is 8.31. The lowest BCUT2D eigenvalue weighted by molar-refractivity contribution is -0.293. The number of fused-ring (bicyclic) bond motifs is 5. The maximum absolute atomic E-state index is 13.7. The highest BCUT2D eigenvalue weighted by Crippen LogP contribution is 2.66. The van der Waals surface area contributed by atoms with E-state index in [9.17, 15) is 44.7 Å². The summed E-state index contributed by atoms with van der Waals surface area (Å²) < 4.78 is 10.4. The van der Waals surface area contributed by atoms with Crippen molar-refractivity contribution in [1.29, 1.82) is 0 Å². The van der Waals surface area contributed by atoms with Crippen molar-refractivity contribution in [3.63, 3.8) is 0 Å². The van der Waals surface area contributed by atoms with Gasteiger partial charge < -0.3 is 35.0 Å². The fraction of sp³-hybridized carbons (Fsp3) is 0.778. The first kappa shape index (κ1) is 27.5. The van der Waals surface area contributed by atoms with Gasteiger partial charge in [0.2, 0.25) is 0 Å². The largest absolute Gasteiger partial charge is 0.479 e. The summed E-state index contributed by atoms with van der Waals surface area (Å²) in [6, 6.07) is 0. The second-order valence-electron chi connectivity index (χ2n) is 12.3. The lowest BCUT2D eigenvalue weighted by Gasteiger charge is -2.57. The summed E-state index contributed by atoms with van der Waals surface area (Å²) in [6.45, 7) is 3.08. The van der Waals surface area contributed by atoms with Gasteiger partial charge in [-0.05, 0) is 55.4 Å². The Morgan fingerprint density at radius 2 is 1.76 bits per heavy atom. The summed E-state index contributed by atoms with van der Waals surface area (Å²) in [4.78, 5) is 50.5. The van der Waals surface area contributed by atoms with Crippen molar-refractivity contribution < 1.29 is 54.2 Å². The SMILES string of the molecule is CC12CCC(=O)C=C1CCC1C2C(=O)CC2(C)C1CCC2(O)C(=O)CO[C@H]1O[C@@H](C(=O)O)C(O)C(O)C1O. The first-order valence-electron chi connectivity index (χ1n) is 13.3. The Morgan fingerprint density at radius 3 is 2.45 bits per heavy atom. The number of carboxylic acids is 1. The van der Waals surface area contributed by atoms with Gasteiger partial charge in [0.1, 0.15) is 36.3 Å². The predicted octanol–water partition coefficient (Wildman–Crippen LogP) is -0.0937. The number of aliphatic carboxylic acids is 1. The van der Waals surface area contributed by atoms with E-state index in [0.29, 0.717) is 32.1 Å². The summed E-state index contributed by atoms with van der Waals surface area (Å²) >= 11 is 0. The molecule has 0 spiro atoms. The van der Waals surface area contributed by atoms with Crippen LogP contribution < -0.4 is 0 Å². The van der Waals surface area contributed by atoms with E-state index in [1.165, 1.54) is 0 Å². The van der Waals surface area contributed by atoms with Crippen LogP contribution in [-0.4, -0.2) is 91.8 Å². The molecule has 11 heteroatoms. The minimum atomic E-state index is -1.90. The zero-order valence-electron chi connectivity index (χ0n) is 21.5. The van der Waals surface area contributed by atoms with E-state index in [-0.39, 0.29) is 42.2 Å². The van der Waals surface area contributed by atoms with Crippen molar-refractivity contribution in [1.82, 2.24) is 0 Å². The van der Waals surface area contributed by atoms with E-state index in [1.807, 2.05) is 0 Å². The Labute approximate surface area is 219 Å². The van der Waals surface area contributed by atoms with Gasteiger partial charge in [0.15, 0.2) is 24.0 Å². The molecule has 5 rings (SSSR count). The highest BCUT2D eigenvalue weighted by atomic mass is 16.7. The minimum Gasteiger partial charge on any atom is -0.479 e. The second-order valence-corrected chi connectivity index (χ2v) is 12.3. The molecule has 11 atom stereocenters. The molecule has 1 aliphatic heterocycles. The summed E-state index contributed by atoms with van der Waals surface area (Å²) in [6.07, 6.45) is -4.39. The summed E-state index contributed by atoms with van der Waals surface area (Å²) in [5.41, 5.74) is -2.30. The number of allylic oxidation sites excluding steroid dienone is 1. The number of hydrogen-bond donors (Lipinski definition) is 5. The first-order chi connectivity index (χ1) is 17.7. The molecule has 0 aromatic carbocycles. The van der Waals surface area contributed by atoms with Gasteiger partial charge in [-0.1, -0.05) is 19.4 Å². The van der Waals surface area contributed by atoms with Crippen molar-refractivity contribution >= 4 is 23.3 Å². The lowest BCUT2D eigenvalue weighted by Crippen LogP contribution is -2.62. The third-order valence-electron chi connectivity index (χ3n) is 10.5. The van der Waals surface area contributed by atoms with E-state index in [2.05, 4.69) is 6.92 Å². The molecule has 4 aliphatic carbocycles. The third-order valence-corrected chi connectivity index (χ3v) is 10.5. The van der Waals surface area contributed by atoms with E-state index < -0.39 is 65.5 Å². The van der Waals surface area contributed by atoms with Crippen LogP contribution in [-0.2, 0) is 28.7 Å². The van der Waals surface area contributed by atoms with Gasteiger partial charge >= 0.3 is 5.97 Å². The van der Waals surface area contributed by atoms with Crippen molar-refractivity contribution in [2.45, 2.75) is 95.1 Å². The maximum atomic E-state index is 13.7. The molecule has 0 radical (unpaired) electrons. The average molecular weight is 537 g/mol. The molecule has 1 saturated heterocycles. The van der Waals surface area contributed by atoms with E-state index >= 15 is 0 Å². The standard InChI is InChI=1S/C27H36O11/c1-25-7-5-13(28)9-12(25)3-4-14-15-6-8-27(36,26(15,2)10-16(29)18(14)25)17(30)11-37-24-21(33)19(31)20(32)22(38-24)23(34)35/h9,14-15,18-22,24,31-33,36H,3-8,10-11H2,1-2H3,(H,34,35)/t14?,15?,18?,19?,20?,21?,22-,24+,25?,26?,27?/m1/s1. The Morgan fingerprint density at radius 1 is 1.05 bits per heavy atom. The van der Waals surface area contributed by atoms with Crippen LogP contribution in [0.15, 0.2) is 11.6 Å². The Balaban J connectivity index is 1.34. The number of ether oxygens (including phenoxy) is 2. The molecule has 9 unspecified atom stereocenters. The molecule has 0 aromatic heterocycles. The van der Waals surface area contributed by atoms with Crippen LogP contribution in [0.25, 0.3) is 0 Å². The number of hydrogen-bond acceptors (Lipinski definition) is 10. The van der Waals surface area contributed by atoms with Crippen molar-refractivity contribution in [3.05, 3.63) is 11.6 Å². The van der Waals surface area contributed by atoms with Crippen LogP contribution in [0.4, 0.5) is 0 Å². The summed E-state index contributed by atoms with van der Waals surface area (Å²) in [7, 11) is 0. The lowest BCUT2D eigenvalue weighted by atomic mass is 9.46. The van der Waals surface area contributed by atoms with Crippen LogP contribution in [0.1, 0.15) is 58.8 Å². The number of aliphatic hydroxyl groups is 4. The smallest absolute Gasteiger partial charge is 0.335 e. The highest BCUT2D eigenvalue weighted by molar-refractivity contribution is 5.94. The normalized spacial score (nSPS) is 48.5. The van der Waals surface area contributed by atoms with Gasteiger partial charge in [-0.3, -0.25) is 14.4 Å². The fourth-order valence-corrected chi connectivity index (χ4v) is 8.31. The minimum absolute atomic E-state index is 0.00639. The summed E-state index contributed by atoms with van der Waals surface area (Å²) in [5.74, 6) is -2.62. The molecule has 3 saturated carbocycles. The highest BCUT2D eigenvalue weighted by Gasteiger charge is 2.68. The monoisotopic (exact) mass is 536 g/mol. The van der Waals surface area contributed by atoms with Gasteiger partial charge in [0.25, 0.3) is 0 Å². The Bertz CT molecular complexity index is 1080. The van der Waals surface area contributed by atoms with Crippen LogP contribution in [0.5, 0.6) is 0 Å². The Hall–Kier alpha value is -2.02. The van der Waals surface area contributed by atoms with Crippen molar-refractivity contribution in [2.24, 2.45) is 28.6 Å². The molecule has 4 fully saturated rings. The number of aliphatic hydroxyl groups excluding tert-OH is 3. The zero-order valence-corrected chi connectivity index (χ0v) is 21.5. The molecule has 0 aromatic rings. The van der Waals surface area contributed by atoms with Gasteiger partial charge in [0, 0.05) is 24.2 Å². The third kappa shape index (κ3) is 3.85. The maximum Gasteiger partial charge on any atom is 0.335 e. The zero-order chi connectivity index (χ0) is 27.8. The number of carbonyl (C=O) groups is 4. The van der Waals surface area contributed by atoms with E-state index in [1.54, 1.807) is 13.0 Å². The van der Waals surface area contributed by atoms with Gasteiger partial charge in [-0.25, -0.2) is 4.79 Å². The Kier molecular flexibility index (Phi) is 6.72. The predicted molar refractivity (Wildman–Crippen MR) is 127 cm³/mol. The van der Waals surface area contributed by atoms with Crippen molar-refractivity contribution in [3.8, 4) is 0 Å². The number of ketones is 3. The van der Waals surface area contributed by atoms with E-state index in [4.69, 9.17) is 9.47 Å². The first-order valence-corrected chi connectivity index (χ1v) is 13.3. The van der Waals surface area contributed by atoms with Gasteiger partial charge in [-0.2, -0.15) is 0 Å². The number of Topliss-reactive ketones (excluding diaryl/α,β-unsaturated/α-hetero) is 2. The van der Waals surface area contributed by atoms with Gasteiger partial charge in [-0.15, -0.1) is 0 Å². The molecule has 5 N–H and O–H groups in total. The second kappa shape index (κ2) is 9.28. The van der Waals surface area contributed by atoms with Crippen LogP contribution in [0.2, 0.25) is 0 Å². The molecule has 38 heavy (non-hydrogen) atoms. The molecule has 0 amide bonds. The van der Waals surface area contributed by atoms with Crippen molar-refractivity contribution in [2.75, 3.05) is 6.61 Å². The van der Waals surface area contributed by atoms with E-state index in [0.717, 1.165) is 5.57 Å². The molecule has 0 bridgehead atoms. The molecular formula is C27H36O11. The molecule has 11 nitrogen and oxygen atoms in total. The number of rotatable bonds is 5. The van der Waals surface area contributed by atoms with Crippen LogP contribution in [0, 0.1) is 28.6 Å². The number of carboxylic acid groups (broad SMARTS) is 1.